The van der Waals surface area contributed by atoms with Crippen LogP contribution >= 0.6 is 0 Å². The number of methoxy groups -OCH3 is 1. The van der Waals surface area contributed by atoms with Crippen molar-refractivity contribution in [2.75, 3.05) is 19.1 Å². The molecule has 19 heavy (non-hydrogen) atoms. The highest BCUT2D eigenvalue weighted by molar-refractivity contribution is 6.10. The van der Waals surface area contributed by atoms with Crippen molar-refractivity contribution in [1.82, 2.24) is 0 Å². The molecule has 0 unspecified atom stereocenters. The highest BCUT2D eigenvalue weighted by Gasteiger charge is 2.52. The van der Waals surface area contributed by atoms with Gasteiger partial charge in [0.25, 0.3) is 0 Å². The molecule has 1 aliphatic rings. The number of hydrogen-bond acceptors (Lipinski definition) is 3. The first-order valence-corrected chi connectivity index (χ1v) is 6.17. The summed E-state index contributed by atoms with van der Waals surface area (Å²) in [5, 5.41) is 9.30. The molecule has 0 spiro atoms. The number of anilines is 1. The van der Waals surface area contributed by atoms with Crippen molar-refractivity contribution in [2.45, 2.75) is 19.3 Å². The van der Waals surface area contributed by atoms with Gasteiger partial charge >= 0.3 is 5.97 Å². The SMILES string of the molecule is COc1ccccc1N(C)C(=O)C1(C(=O)O)CCC1. The van der Waals surface area contributed by atoms with Crippen molar-refractivity contribution in [3.8, 4) is 5.75 Å². The number of carbonyl (C=O) groups is 2. The summed E-state index contributed by atoms with van der Waals surface area (Å²) in [4.78, 5) is 25.2. The van der Waals surface area contributed by atoms with Gasteiger partial charge in [-0.2, -0.15) is 0 Å². The van der Waals surface area contributed by atoms with Gasteiger partial charge in [0.2, 0.25) is 5.91 Å². The minimum Gasteiger partial charge on any atom is -0.495 e. The van der Waals surface area contributed by atoms with Crippen molar-refractivity contribution >= 4 is 17.6 Å². The van der Waals surface area contributed by atoms with Crippen LogP contribution in [-0.2, 0) is 9.59 Å². The molecule has 1 fully saturated rings. The third kappa shape index (κ3) is 2.05. The number of ether oxygens (including phenoxy) is 1. The lowest BCUT2D eigenvalue weighted by atomic mass is 9.68. The van der Waals surface area contributed by atoms with E-state index < -0.39 is 11.4 Å². The summed E-state index contributed by atoms with van der Waals surface area (Å²) in [7, 11) is 3.11. The van der Waals surface area contributed by atoms with Crippen molar-refractivity contribution in [1.29, 1.82) is 0 Å². The molecule has 0 radical (unpaired) electrons. The van der Waals surface area contributed by atoms with Crippen LogP contribution in [0.4, 0.5) is 5.69 Å². The maximum Gasteiger partial charge on any atom is 0.319 e. The summed E-state index contributed by atoms with van der Waals surface area (Å²) >= 11 is 0. The number of carbonyl (C=O) groups excluding carboxylic acids is 1. The van der Waals surface area contributed by atoms with Crippen molar-refractivity contribution < 1.29 is 19.4 Å². The van der Waals surface area contributed by atoms with Gasteiger partial charge in [0, 0.05) is 7.05 Å². The molecule has 1 saturated carbocycles. The van der Waals surface area contributed by atoms with Gasteiger partial charge in [-0.3, -0.25) is 9.59 Å². The predicted octanol–water partition coefficient (Wildman–Crippen LogP) is 1.91. The van der Waals surface area contributed by atoms with Gasteiger partial charge in [0.1, 0.15) is 11.2 Å². The number of carboxylic acid groups (broad SMARTS) is 1. The Morgan fingerprint density at radius 2 is 1.95 bits per heavy atom. The van der Waals surface area contributed by atoms with Crippen LogP contribution in [0.3, 0.4) is 0 Å². The van der Waals surface area contributed by atoms with Crippen LogP contribution in [0.25, 0.3) is 0 Å². The average molecular weight is 263 g/mol. The van der Waals surface area contributed by atoms with E-state index in [1.54, 1.807) is 31.3 Å². The third-order valence-electron chi connectivity index (χ3n) is 3.78. The first-order chi connectivity index (χ1) is 9.03. The Morgan fingerprint density at radius 3 is 2.42 bits per heavy atom. The first kappa shape index (κ1) is 13.4. The summed E-state index contributed by atoms with van der Waals surface area (Å²) in [5.74, 6) is -0.862. The highest BCUT2D eigenvalue weighted by Crippen LogP contribution is 2.44. The molecule has 2 rings (SSSR count). The lowest BCUT2D eigenvalue weighted by molar-refractivity contribution is -0.160. The van der Waals surface area contributed by atoms with Gasteiger partial charge < -0.3 is 14.7 Å². The standard InChI is InChI=1S/C14H17NO4/c1-15(10-6-3-4-7-11(10)19-2)12(16)14(13(17)18)8-5-9-14/h3-4,6-7H,5,8-9H2,1-2H3,(H,17,18). The molecular formula is C14H17NO4. The van der Waals surface area contributed by atoms with E-state index in [4.69, 9.17) is 4.74 Å². The zero-order valence-corrected chi connectivity index (χ0v) is 11.0. The van der Waals surface area contributed by atoms with E-state index in [2.05, 4.69) is 0 Å². The number of nitrogens with zero attached hydrogens (tertiary/aromatic N) is 1. The summed E-state index contributed by atoms with van der Waals surface area (Å²) in [6.45, 7) is 0. The summed E-state index contributed by atoms with van der Waals surface area (Å²) in [6, 6.07) is 7.07. The van der Waals surface area contributed by atoms with Crippen LogP contribution in [0, 0.1) is 5.41 Å². The third-order valence-corrected chi connectivity index (χ3v) is 3.78. The maximum atomic E-state index is 12.4. The van der Waals surface area contributed by atoms with E-state index >= 15 is 0 Å². The minimum atomic E-state index is -1.25. The van der Waals surface area contributed by atoms with Crippen LogP contribution in [0.2, 0.25) is 0 Å². The molecule has 102 valence electrons. The predicted molar refractivity (Wildman–Crippen MR) is 70.3 cm³/mol. The van der Waals surface area contributed by atoms with Crippen LogP contribution < -0.4 is 9.64 Å². The average Bonchev–Trinajstić information content (AvgIpc) is 2.35. The number of carboxylic acids is 1. The molecule has 0 saturated heterocycles. The van der Waals surface area contributed by atoms with Crippen LogP contribution in [0.15, 0.2) is 24.3 Å². The van der Waals surface area contributed by atoms with Crippen molar-refractivity contribution in [3.05, 3.63) is 24.3 Å². The first-order valence-electron chi connectivity index (χ1n) is 6.17. The number of benzene rings is 1. The molecule has 1 aromatic carbocycles. The smallest absolute Gasteiger partial charge is 0.319 e. The second-order valence-electron chi connectivity index (χ2n) is 4.78. The molecule has 1 N–H and O–H groups in total. The van der Waals surface area contributed by atoms with Crippen molar-refractivity contribution in [3.63, 3.8) is 0 Å². The Kier molecular flexibility index (Phi) is 3.46. The van der Waals surface area contributed by atoms with Gasteiger partial charge in [-0.15, -0.1) is 0 Å². The monoisotopic (exact) mass is 263 g/mol. The zero-order chi connectivity index (χ0) is 14.0. The van der Waals surface area contributed by atoms with Crippen molar-refractivity contribution in [2.24, 2.45) is 5.41 Å². The number of amides is 1. The Balaban J connectivity index is 2.31. The van der Waals surface area contributed by atoms with Gasteiger partial charge in [-0.1, -0.05) is 18.6 Å². The molecule has 1 amide bonds. The second-order valence-corrected chi connectivity index (χ2v) is 4.78. The van der Waals surface area contributed by atoms with Gasteiger partial charge in [0.05, 0.1) is 12.8 Å². The van der Waals surface area contributed by atoms with E-state index in [1.165, 1.54) is 12.0 Å². The zero-order valence-electron chi connectivity index (χ0n) is 11.0. The molecule has 5 heteroatoms. The van der Waals surface area contributed by atoms with E-state index in [9.17, 15) is 14.7 Å². The van der Waals surface area contributed by atoms with Gasteiger partial charge in [0.15, 0.2) is 0 Å². The Hall–Kier alpha value is -2.04. The molecular weight excluding hydrogens is 246 g/mol. The molecule has 1 aromatic rings. The molecule has 0 atom stereocenters. The molecule has 0 bridgehead atoms. The lowest BCUT2D eigenvalue weighted by Crippen LogP contribution is -2.51. The van der Waals surface area contributed by atoms with Crippen LogP contribution in [-0.4, -0.2) is 31.1 Å². The van der Waals surface area contributed by atoms with Gasteiger partial charge in [-0.25, -0.2) is 0 Å². The number of aliphatic carboxylic acids is 1. The van der Waals surface area contributed by atoms with E-state index in [0.29, 0.717) is 24.3 Å². The highest BCUT2D eigenvalue weighted by atomic mass is 16.5. The van der Waals surface area contributed by atoms with Gasteiger partial charge in [-0.05, 0) is 25.0 Å². The normalized spacial score (nSPS) is 16.3. The van der Waals surface area contributed by atoms with Crippen LogP contribution in [0.5, 0.6) is 5.75 Å². The lowest BCUT2D eigenvalue weighted by Gasteiger charge is -2.38. The summed E-state index contributed by atoms with van der Waals surface area (Å²) < 4.78 is 5.20. The largest absolute Gasteiger partial charge is 0.495 e. The Morgan fingerprint density at radius 1 is 1.32 bits per heavy atom. The molecule has 1 aliphatic carbocycles. The second kappa shape index (κ2) is 4.91. The topological polar surface area (TPSA) is 66.8 Å². The Bertz CT molecular complexity index is 508. The quantitative estimate of drug-likeness (QED) is 0.843. The van der Waals surface area contributed by atoms with E-state index in [-0.39, 0.29) is 5.91 Å². The number of para-hydroxylation sites is 2. The molecule has 0 aromatic heterocycles. The maximum absolute atomic E-state index is 12.4. The molecule has 0 aliphatic heterocycles. The molecule has 5 nitrogen and oxygen atoms in total. The Labute approximate surface area is 111 Å². The number of hydrogen-bond donors (Lipinski definition) is 1. The fraction of sp³-hybridized carbons (Fsp3) is 0.429. The van der Waals surface area contributed by atoms with Crippen LogP contribution in [0.1, 0.15) is 19.3 Å². The molecule has 0 heterocycles. The fourth-order valence-electron chi connectivity index (χ4n) is 2.39. The summed E-state index contributed by atoms with van der Waals surface area (Å²) in [5.41, 5.74) is -0.669. The summed E-state index contributed by atoms with van der Waals surface area (Å²) in [6.07, 6.45) is 1.58. The minimum absolute atomic E-state index is 0.379. The van der Waals surface area contributed by atoms with E-state index in [1.807, 2.05) is 0 Å². The number of rotatable bonds is 4. The fourth-order valence-corrected chi connectivity index (χ4v) is 2.39. The van der Waals surface area contributed by atoms with E-state index in [0.717, 1.165) is 6.42 Å².